The molecule has 8 heteroatoms. The third kappa shape index (κ3) is 5.52. The Balaban J connectivity index is 1.84. The van der Waals surface area contributed by atoms with E-state index < -0.39 is 16.1 Å². The van der Waals surface area contributed by atoms with E-state index in [0.717, 1.165) is 31.2 Å². The normalized spacial score (nSPS) is 15.5. The van der Waals surface area contributed by atoms with Gasteiger partial charge in [-0.3, -0.25) is 4.79 Å². The average Bonchev–Trinajstić information content (AvgIpc) is 3.26. The number of methoxy groups -OCH3 is 2. The highest BCUT2D eigenvalue weighted by Crippen LogP contribution is 2.29. The molecule has 1 unspecified atom stereocenters. The summed E-state index contributed by atoms with van der Waals surface area (Å²) in [6, 6.07) is 12.9. The van der Waals surface area contributed by atoms with Gasteiger partial charge in [0.25, 0.3) is 0 Å². The van der Waals surface area contributed by atoms with E-state index in [-0.39, 0.29) is 23.3 Å². The Bertz CT molecular complexity index is 957. The second-order valence-electron chi connectivity index (χ2n) is 7.37. The number of benzene rings is 2. The first-order valence-electron chi connectivity index (χ1n) is 10.0. The molecule has 1 aliphatic carbocycles. The van der Waals surface area contributed by atoms with Crippen molar-refractivity contribution in [3.05, 3.63) is 54.1 Å². The quantitative estimate of drug-likeness (QED) is 0.635. The highest BCUT2D eigenvalue weighted by molar-refractivity contribution is 7.89. The van der Waals surface area contributed by atoms with E-state index in [4.69, 9.17) is 9.47 Å². The maximum atomic E-state index is 13.1. The van der Waals surface area contributed by atoms with E-state index in [1.165, 1.54) is 32.4 Å². The van der Waals surface area contributed by atoms with Gasteiger partial charge in [-0.2, -0.15) is 4.72 Å². The van der Waals surface area contributed by atoms with Crippen molar-refractivity contribution >= 4 is 15.9 Å². The molecule has 2 aromatic rings. The third-order valence-corrected chi connectivity index (χ3v) is 6.73. The number of ether oxygens (including phenoxy) is 2. The lowest BCUT2D eigenvalue weighted by Gasteiger charge is -2.21. The van der Waals surface area contributed by atoms with Crippen LogP contribution in [0.15, 0.2) is 53.4 Å². The zero-order valence-corrected chi connectivity index (χ0v) is 18.1. The second-order valence-corrected chi connectivity index (χ2v) is 9.08. The molecule has 7 nitrogen and oxygen atoms in total. The summed E-state index contributed by atoms with van der Waals surface area (Å²) in [5.74, 6) is 0.418. The summed E-state index contributed by atoms with van der Waals surface area (Å²) < 4.78 is 39.1. The number of carbonyl (C=O) groups excluding carboxylic acids is 1. The molecule has 0 saturated heterocycles. The third-order valence-electron chi connectivity index (χ3n) is 5.26. The molecule has 0 spiro atoms. The van der Waals surface area contributed by atoms with E-state index >= 15 is 0 Å². The highest BCUT2D eigenvalue weighted by atomic mass is 32.2. The molecule has 162 valence electrons. The molecular formula is C22H28N2O5S. The van der Waals surface area contributed by atoms with Crippen LogP contribution in [0.3, 0.4) is 0 Å². The van der Waals surface area contributed by atoms with Crippen molar-refractivity contribution in [2.45, 2.75) is 49.1 Å². The number of hydrogen-bond acceptors (Lipinski definition) is 5. The van der Waals surface area contributed by atoms with Crippen molar-refractivity contribution in [3.8, 4) is 11.5 Å². The van der Waals surface area contributed by atoms with Crippen LogP contribution in [-0.4, -0.2) is 40.6 Å². The van der Waals surface area contributed by atoms with Crippen molar-refractivity contribution in [2.75, 3.05) is 14.2 Å². The summed E-state index contributed by atoms with van der Waals surface area (Å²) in [7, 11) is -1.04. The summed E-state index contributed by atoms with van der Waals surface area (Å²) in [6.45, 7) is 0. The van der Waals surface area contributed by atoms with E-state index in [2.05, 4.69) is 10.0 Å². The second kappa shape index (κ2) is 9.95. The Morgan fingerprint density at radius 3 is 2.33 bits per heavy atom. The lowest BCUT2D eigenvalue weighted by atomic mass is 10.1. The maximum absolute atomic E-state index is 13.1. The minimum atomic E-state index is -3.96. The lowest BCUT2D eigenvalue weighted by molar-refractivity contribution is -0.123. The van der Waals surface area contributed by atoms with Crippen LogP contribution >= 0.6 is 0 Å². The lowest BCUT2D eigenvalue weighted by Crippen LogP contribution is -2.50. The van der Waals surface area contributed by atoms with Gasteiger partial charge in [-0.15, -0.1) is 0 Å². The molecular weight excluding hydrogens is 404 g/mol. The fourth-order valence-electron chi connectivity index (χ4n) is 3.65. The van der Waals surface area contributed by atoms with Crippen molar-refractivity contribution < 1.29 is 22.7 Å². The molecule has 3 rings (SSSR count). The van der Waals surface area contributed by atoms with Gasteiger partial charge in [0.1, 0.15) is 6.04 Å². The molecule has 2 aromatic carbocycles. The van der Waals surface area contributed by atoms with Gasteiger partial charge in [-0.25, -0.2) is 8.42 Å². The largest absolute Gasteiger partial charge is 0.493 e. The summed E-state index contributed by atoms with van der Waals surface area (Å²) in [5, 5.41) is 3.00. The molecule has 0 heterocycles. The Hall–Kier alpha value is -2.58. The van der Waals surface area contributed by atoms with Crippen molar-refractivity contribution in [1.29, 1.82) is 0 Å². The molecule has 0 aromatic heterocycles. The van der Waals surface area contributed by atoms with Gasteiger partial charge < -0.3 is 14.8 Å². The van der Waals surface area contributed by atoms with E-state index in [1.54, 1.807) is 0 Å². The summed E-state index contributed by atoms with van der Waals surface area (Å²) >= 11 is 0. The number of rotatable bonds is 9. The molecule has 0 aliphatic heterocycles. The van der Waals surface area contributed by atoms with Gasteiger partial charge in [0.2, 0.25) is 15.9 Å². The monoisotopic (exact) mass is 432 g/mol. The standard InChI is InChI=1S/C22H28N2O5S/c1-28-20-13-12-18(15-21(20)29-2)30(26,27)24-19(14-16-8-4-3-5-9-16)22(25)23-17-10-6-7-11-17/h3-5,8-9,12-13,15,17,19,24H,6-7,10-11,14H2,1-2H3,(H,23,25). The van der Waals surface area contributed by atoms with Crippen LogP contribution in [0.5, 0.6) is 11.5 Å². The van der Waals surface area contributed by atoms with Crippen LogP contribution in [0, 0.1) is 0 Å². The summed E-state index contributed by atoms with van der Waals surface area (Å²) in [4.78, 5) is 13.0. The first-order valence-corrected chi connectivity index (χ1v) is 11.5. The van der Waals surface area contributed by atoms with Crippen LogP contribution in [0.25, 0.3) is 0 Å². The minimum Gasteiger partial charge on any atom is -0.493 e. The predicted octanol–water partition coefficient (Wildman–Crippen LogP) is 2.65. The fourth-order valence-corrected chi connectivity index (χ4v) is 4.86. The topological polar surface area (TPSA) is 93.7 Å². The number of amides is 1. The number of sulfonamides is 1. The molecule has 1 atom stereocenters. The molecule has 30 heavy (non-hydrogen) atoms. The van der Waals surface area contributed by atoms with Crippen molar-refractivity contribution in [1.82, 2.24) is 10.0 Å². The Labute approximate surface area is 177 Å². The van der Waals surface area contributed by atoms with Crippen LogP contribution < -0.4 is 19.5 Å². The van der Waals surface area contributed by atoms with Gasteiger partial charge in [-0.1, -0.05) is 43.2 Å². The summed E-state index contributed by atoms with van der Waals surface area (Å²) in [6.07, 6.45) is 4.25. The van der Waals surface area contributed by atoms with Crippen LogP contribution in [0.1, 0.15) is 31.2 Å². The van der Waals surface area contributed by atoms with Gasteiger partial charge in [0.05, 0.1) is 19.1 Å². The first kappa shape index (κ1) is 22.1. The zero-order chi connectivity index (χ0) is 21.6. The predicted molar refractivity (Wildman–Crippen MR) is 114 cm³/mol. The molecule has 1 fully saturated rings. The molecule has 0 bridgehead atoms. The maximum Gasteiger partial charge on any atom is 0.241 e. The van der Waals surface area contributed by atoms with E-state index in [1.807, 2.05) is 30.3 Å². The van der Waals surface area contributed by atoms with Gasteiger partial charge in [-0.05, 0) is 37.0 Å². The summed E-state index contributed by atoms with van der Waals surface area (Å²) in [5.41, 5.74) is 0.874. The van der Waals surface area contributed by atoms with Crippen LogP contribution in [-0.2, 0) is 21.2 Å². The number of carbonyl (C=O) groups is 1. The average molecular weight is 433 g/mol. The van der Waals surface area contributed by atoms with Gasteiger partial charge in [0.15, 0.2) is 11.5 Å². The van der Waals surface area contributed by atoms with Gasteiger partial charge >= 0.3 is 0 Å². The minimum absolute atomic E-state index is 0.00637. The Kier molecular flexibility index (Phi) is 7.33. The number of nitrogens with one attached hydrogen (secondary N) is 2. The fraction of sp³-hybridized carbons (Fsp3) is 0.409. The number of hydrogen-bond donors (Lipinski definition) is 2. The SMILES string of the molecule is COc1ccc(S(=O)(=O)NC(Cc2ccccc2)C(=O)NC2CCCC2)cc1OC. The van der Waals surface area contributed by atoms with Crippen LogP contribution in [0.2, 0.25) is 0 Å². The first-order chi connectivity index (χ1) is 14.4. The van der Waals surface area contributed by atoms with Crippen molar-refractivity contribution in [3.63, 3.8) is 0 Å². The van der Waals surface area contributed by atoms with Gasteiger partial charge in [0, 0.05) is 12.1 Å². The van der Waals surface area contributed by atoms with E-state index in [9.17, 15) is 13.2 Å². The molecule has 1 aliphatic rings. The zero-order valence-electron chi connectivity index (χ0n) is 17.3. The molecule has 2 N–H and O–H groups in total. The Morgan fingerprint density at radius 2 is 1.70 bits per heavy atom. The molecule has 0 radical (unpaired) electrons. The van der Waals surface area contributed by atoms with Crippen molar-refractivity contribution in [2.24, 2.45) is 0 Å². The Morgan fingerprint density at radius 1 is 1.03 bits per heavy atom. The van der Waals surface area contributed by atoms with E-state index in [0.29, 0.717) is 11.5 Å². The van der Waals surface area contributed by atoms with Crippen LogP contribution in [0.4, 0.5) is 0 Å². The highest BCUT2D eigenvalue weighted by Gasteiger charge is 2.29. The smallest absolute Gasteiger partial charge is 0.241 e. The molecule has 1 saturated carbocycles. The molecule has 1 amide bonds.